The number of nitrogens with one attached hydrogen (secondary N) is 2. The number of hydrogen-bond acceptors (Lipinski definition) is 3. The van der Waals surface area contributed by atoms with Crippen LogP contribution in [0.15, 0.2) is 48.7 Å². The van der Waals surface area contributed by atoms with Crippen molar-refractivity contribution in [3.05, 3.63) is 65.1 Å². The van der Waals surface area contributed by atoms with Crippen LogP contribution in [0.2, 0.25) is 5.02 Å². The minimum Gasteiger partial charge on any atom is -0.351 e. The fourth-order valence-corrected chi connectivity index (χ4v) is 4.67. The summed E-state index contributed by atoms with van der Waals surface area (Å²) in [6.07, 6.45) is 3.29. The Kier molecular flexibility index (Phi) is 6.74. The quantitative estimate of drug-likeness (QED) is 0.496. The lowest BCUT2D eigenvalue weighted by molar-refractivity contribution is -0.125. The summed E-state index contributed by atoms with van der Waals surface area (Å²) in [5.41, 5.74) is 6.71. The molecule has 10 heteroatoms. The number of fused-ring (bicyclic) bond motifs is 1. The number of nitrogens with two attached hydrogens (primary N) is 1. The Hall–Kier alpha value is -3.59. The van der Waals surface area contributed by atoms with Crippen molar-refractivity contribution in [1.82, 2.24) is 14.8 Å². The first-order valence-corrected chi connectivity index (χ1v) is 11.4. The monoisotopic (exact) mass is 485 g/mol. The maximum atomic E-state index is 14.2. The average Bonchev–Trinajstić information content (AvgIpc) is 3.42. The smallest absolute Gasteiger partial charge is 0.323 e. The van der Waals surface area contributed by atoms with Crippen molar-refractivity contribution in [2.75, 3.05) is 5.32 Å². The van der Waals surface area contributed by atoms with Crippen molar-refractivity contribution in [3.63, 3.8) is 0 Å². The zero-order valence-corrected chi connectivity index (χ0v) is 19.3. The highest BCUT2D eigenvalue weighted by Crippen LogP contribution is 2.30. The molecule has 2 atom stereocenters. The van der Waals surface area contributed by atoms with Gasteiger partial charge in [0.1, 0.15) is 11.9 Å². The molecule has 3 aromatic rings. The first-order valence-electron chi connectivity index (χ1n) is 11.0. The van der Waals surface area contributed by atoms with E-state index in [0.717, 1.165) is 0 Å². The van der Waals surface area contributed by atoms with Crippen LogP contribution < -0.4 is 16.4 Å². The number of para-hydroxylation sites is 1. The van der Waals surface area contributed by atoms with Crippen LogP contribution in [0.25, 0.3) is 10.9 Å². The third-order valence-electron chi connectivity index (χ3n) is 6.19. The Bertz CT molecular complexity index is 1260. The van der Waals surface area contributed by atoms with Crippen LogP contribution in [0.3, 0.4) is 0 Å². The number of aromatic nitrogens is 1. The van der Waals surface area contributed by atoms with Crippen LogP contribution in [0, 0.1) is 5.82 Å². The molecule has 1 aromatic heterocycles. The van der Waals surface area contributed by atoms with Crippen LogP contribution in [-0.4, -0.2) is 39.5 Å². The van der Waals surface area contributed by atoms with Gasteiger partial charge in [-0.05, 0) is 31.4 Å². The van der Waals surface area contributed by atoms with E-state index in [1.807, 2.05) is 6.92 Å². The van der Waals surface area contributed by atoms with Gasteiger partial charge in [0.25, 0.3) is 0 Å². The highest BCUT2D eigenvalue weighted by Gasteiger charge is 2.40. The number of benzene rings is 2. The number of hydrogen-bond donors (Lipinski definition) is 3. The van der Waals surface area contributed by atoms with Crippen LogP contribution in [-0.2, 0) is 11.3 Å². The zero-order valence-electron chi connectivity index (χ0n) is 18.6. The highest BCUT2D eigenvalue weighted by atomic mass is 35.5. The SMILES string of the molecule is CC[C@@H]1CC[C@@H](C(=O)NCc2cccc(Cl)c2F)N1C(=O)Nc1cn(C(N)=O)c2ccccc12. The molecule has 0 saturated carbocycles. The predicted molar refractivity (Wildman–Crippen MR) is 128 cm³/mol. The van der Waals surface area contributed by atoms with Gasteiger partial charge in [-0.2, -0.15) is 0 Å². The van der Waals surface area contributed by atoms with Crippen molar-refractivity contribution >= 4 is 46.2 Å². The largest absolute Gasteiger partial charge is 0.351 e. The molecule has 0 radical (unpaired) electrons. The van der Waals surface area contributed by atoms with E-state index in [9.17, 15) is 18.8 Å². The third-order valence-corrected chi connectivity index (χ3v) is 6.48. The highest BCUT2D eigenvalue weighted by molar-refractivity contribution is 6.30. The van der Waals surface area contributed by atoms with Crippen molar-refractivity contribution in [1.29, 1.82) is 0 Å². The normalized spacial score (nSPS) is 17.7. The van der Waals surface area contributed by atoms with Gasteiger partial charge in [-0.15, -0.1) is 0 Å². The van der Waals surface area contributed by atoms with Crippen LogP contribution in [0.4, 0.5) is 19.7 Å². The van der Waals surface area contributed by atoms with Gasteiger partial charge in [-0.25, -0.2) is 14.0 Å². The second-order valence-corrected chi connectivity index (χ2v) is 8.60. The van der Waals surface area contributed by atoms with E-state index >= 15 is 0 Å². The molecule has 2 heterocycles. The minimum absolute atomic E-state index is 0.0187. The predicted octanol–water partition coefficient (Wildman–Crippen LogP) is 4.45. The lowest BCUT2D eigenvalue weighted by Gasteiger charge is -2.29. The van der Waals surface area contributed by atoms with Gasteiger partial charge in [0.15, 0.2) is 0 Å². The van der Waals surface area contributed by atoms with E-state index in [4.69, 9.17) is 17.3 Å². The number of carbonyl (C=O) groups excluding carboxylic acids is 3. The first kappa shape index (κ1) is 23.6. The molecule has 1 aliphatic rings. The number of carbonyl (C=O) groups is 3. The van der Waals surface area contributed by atoms with Gasteiger partial charge in [-0.3, -0.25) is 9.36 Å². The van der Waals surface area contributed by atoms with Gasteiger partial charge < -0.3 is 21.3 Å². The number of urea groups is 1. The zero-order chi connectivity index (χ0) is 24.4. The fraction of sp³-hybridized carbons (Fsp3) is 0.292. The first-order chi connectivity index (χ1) is 16.3. The van der Waals surface area contributed by atoms with Gasteiger partial charge >= 0.3 is 12.1 Å². The molecule has 1 fully saturated rings. The van der Waals surface area contributed by atoms with Gasteiger partial charge in [0.05, 0.1) is 16.2 Å². The van der Waals surface area contributed by atoms with E-state index < -0.39 is 23.9 Å². The van der Waals surface area contributed by atoms with Crippen molar-refractivity contribution in [3.8, 4) is 0 Å². The molecule has 1 aliphatic heterocycles. The van der Waals surface area contributed by atoms with Crippen molar-refractivity contribution < 1.29 is 18.8 Å². The second kappa shape index (κ2) is 9.72. The molecule has 8 nitrogen and oxygen atoms in total. The number of anilines is 1. The van der Waals surface area contributed by atoms with Crippen LogP contribution in [0.5, 0.6) is 0 Å². The van der Waals surface area contributed by atoms with Crippen LogP contribution >= 0.6 is 11.6 Å². The van der Waals surface area contributed by atoms with Gasteiger partial charge in [-0.1, -0.05) is 48.9 Å². The molecule has 0 spiro atoms. The maximum Gasteiger partial charge on any atom is 0.323 e. The summed E-state index contributed by atoms with van der Waals surface area (Å²) in [6, 6.07) is 9.68. The summed E-state index contributed by atoms with van der Waals surface area (Å²) in [7, 11) is 0. The standard InChI is InChI=1S/C24H25ClFN5O3/c1-2-15-10-11-20(22(32)28-12-14-6-5-8-17(25)21(14)26)31(15)24(34)29-18-13-30(23(27)33)19-9-4-3-7-16(18)19/h3-9,13,15,20H,2,10-12H2,1H3,(H2,27,33)(H,28,32)(H,29,34)/t15-,20+/m1/s1. The van der Waals surface area contributed by atoms with E-state index in [1.165, 1.54) is 21.7 Å². The summed E-state index contributed by atoms with van der Waals surface area (Å²) in [4.78, 5) is 39.7. The van der Waals surface area contributed by atoms with E-state index in [-0.39, 0.29) is 29.1 Å². The van der Waals surface area contributed by atoms with Gasteiger partial charge in [0, 0.05) is 29.7 Å². The van der Waals surface area contributed by atoms with Crippen molar-refractivity contribution in [2.45, 2.75) is 44.8 Å². The maximum absolute atomic E-state index is 14.2. The second-order valence-electron chi connectivity index (χ2n) is 8.19. The minimum atomic E-state index is -0.711. The molecular formula is C24H25ClFN5O3. The number of amides is 4. The summed E-state index contributed by atoms with van der Waals surface area (Å²) in [5.74, 6) is -0.951. The molecule has 2 aromatic carbocycles. The Morgan fingerprint density at radius 1 is 1.15 bits per heavy atom. The lowest BCUT2D eigenvalue weighted by atomic mass is 10.1. The number of primary amides is 1. The molecule has 178 valence electrons. The van der Waals surface area contributed by atoms with Crippen molar-refractivity contribution in [2.24, 2.45) is 5.73 Å². The molecule has 0 bridgehead atoms. The third kappa shape index (κ3) is 4.43. The molecular weight excluding hydrogens is 461 g/mol. The molecule has 4 N–H and O–H groups in total. The summed E-state index contributed by atoms with van der Waals surface area (Å²) in [5, 5.41) is 6.20. The molecule has 0 unspecified atom stereocenters. The molecule has 4 amide bonds. The molecule has 4 rings (SSSR count). The number of rotatable bonds is 5. The Morgan fingerprint density at radius 2 is 1.91 bits per heavy atom. The average molecular weight is 486 g/mol. The lowest BCUT2D eigenvalue weighted by Crippen LogP contribution is -2.50. The number of nitrogens with zero attached hydrogens (tertiary/aromatic N) is 2. The summed E-state index contributed by atoms with van der Waals surface area (Å²) >= 11 is 5.82. The molecule has 34 heavy (non-hydrogen) atoms. The topological polar surface area (TPSA) is 109 Å². The molecule has 0 aliphatic carbocycles. The Labute approximate surface area is 200 Å². The molecule has 1 saturated heterocycles. The van der Waals surface area contributed by atoms with E-state index in [0.29, 0.717) is 35.9 Å². The fourth-order valence-electron chi connectivity index (χ4n) is 4.47. The van der Waals surface area contributed by atoms with Crippen LogP contribution in [0.1, 0.15) is 31.7 Å². The Balaban J connectivity index is 1.53. The van der Waals surface area contributed by atoms with Gasteiger partial charge in [0.2, 0.25) is 5.91 Å². The number of likely N-dealkylation sites (tertiary alicyclic amines) is 1. The summed E-state index contributed by atoms with van der Waals surface area (Å²) in [6.45, 7) is 1.91. The van der Waals surface area contributed by atoms with E-state index in [2.05, 4.69) is 10.6 Å². The number of halogens is 2. The summed E-state index contributed by atoms with van der Waals surface area (Å²) < 4.78 is 15.4. The Morgan fingerprint density at radius 3 is 2.65 bits per heavy atom. The van der Waals surface area contributed by atoms with E-state index in [1.54, 1.807) is 36.4 Å².